The fourth-order valence-electron chi connectivity index (χ4n) is 0.744. The molecule has 0 aliphatic carbocycles. The van der Waals surface area contributed by atoms with E-state index in [0.29, 0.717) is 18.1 Å². The van der Waals surface area contributed by atoms with E-state index in [1.807, 2.05) is 0 Å². The predicted molar refractivity (Wildman–Crippen MR) is 40.0 cm³/mol. The summed E-state index contributed by atoms with van der Waals surface area (Å²) in [6, 6.07) is 0. The molecule has 0 unspecified atom stereocenters. The third-order valence-electron chi connectivity index (χ3n) is 1.29. The SMILES string of the molecule is [C-]#[N+]c1cnn(CCO)c1N. The summed E-state index contributed by atoms with van der Waals surface area (Å²) in [5, 5.41) is 12.3. The van der Waals surface area contributed by atoms with Crippen molar-refractivity contribution in [2.75, 3.05) is 12.3 Å². The summed E-state index contributed by atoms with van der Waals surface area (Å²) in [6.45, 7) is 6.97. The average molecular weight is 152 g/mol. The molecule has 58 valence electrons. The van der Waals surface area contributed by atoms with Crippen molar-refractivity contribution in [2.24, 2.45) is 0 Å². The van der Waals surface area contributed by atoms with Gasteiger partial charge in [0.2, 0.25) is 5.69 Å². The van der Waals surface area contributed by atoms with Crippen LogP contribution in [0.5, 0.6) is 0 Å². The van der Waals surface area contributed by atoms with Gasteiger partial charge in [-0.2, -0.15) is 5.10 Å². The van der Waals surface area contributed by atoms with Gasteiger partial charge in [-0.15, -0.1) is 0 Å². The van der Waals surface area contributed by atoms with Crippen molar-refractivity contribution >= 4 is 11.5 Å². The van der Waals surface area contributed by atoms with Crippen molar-refractivity contribution in [3.63, 3.8) is 0 Å². The predicted octanol–water partition coefficient (Wildman–Crippen LogP) is 0.00839. The zero-order valence-electron chi connectivity index (χ0n) is 5.86. The highest BCUT2D eigenvalue weighted by atomic mass is 16.3. The lowest BCUT2D eigenvalue weighted by Crippen LogP contribution is -2.07. The Morgan fingerprint density at radius 1 is 1.82 bits per heavy atom. The molecule has 0 atom stereocenters. The zero-order valence-corrected chi connectivity index (χ0v) is 5.86. The van der Waals surface area contributed by atoms with Crippen molar-refractivity contribution in [2.45, 2.75) is 6.54 Å². The van der Waals surface area contributed by atoms with E-state index in [4.69, 9.17) is 17.4 Å². The number of aromatic nitrogens is 2. The minimum atomic E-state index is -0.0245. The minimum Gasteiger partial charge on any atom is -0.394 e. The van der Waals surface area contributed by atoms with Crippen molar-refractivity contribution in [3.8, 4) is 0 Å². The second-order valence-corrected chi connectivity index (χ2v) is 1.97. The number of anilines is 1. The Hall–Kier alpha value is -1.54. The van der Waals surface area contributed by atoms with E-state index in [1.165, 1.54) is 10.9 Å². The van der Waals surface area contributed by atoms with Gasteiger partial charge in [-0.3, -0.25) is 4.68 Å². The van der Waals surface area contributed by atoms with Crippen molar-refractivity contribution in [1.29, 1.82) is 0 Å². The van der Waals surface area contributed by atoms with E-state index in [-0.39, 0.29) is 6.61 Å². The number of aliphatic hydroxyl groups excluding tert-OH is 1. The fraction of sp³-hybridized carbons (Fsp3) is 0.333. The lowest BCUT2D eigenvalue weighted by Gasteiger charge is -1.99. The van der Waals surface area contributed by atoms with Crippen molar-refractivity contribution in [3.05, 3.63) is 17.6 Å². The summed E-state index contributed by atoms with van der Waals surface area (Å²) >= 11 is 0. The van der Waals surface area contributed by atoms with Crippen LogP contribution >= 0.6 is 0 Å². The van der Waals surface area contributed by atoms with Crippen molar-refractivity contribution < 1.29 is 5.11 Å². The second-order valence-electron chi connectivity index (χ2n) is 1.97. The molecule has 0 amide bonds. The van der Waals surface area contributed by atoms with Crippen molar-refractivity contribution in [1.82, 2.24) is 9.78 Å². The van der Waals surface area contributed by atoms with Crippen LogP contribution in [0.1, 0.15) is 0 Å². The summed E-state index contributed by atoms with van der Waals surface area (Å²) in [5.74, 6) is 0.314. The van der Waals surface area contributed by atoms with Gasteiger partial charge in [0.1, 0.15) is 5.82 Å². The summed E-state index contributed by atoms with van der Waals surface area (Å²) in [7, 11) is 0. The Labute approximate surface area is 63.9 Å². The molecule has 5 heteroatoms. The van der Waals surface area contributed by atoms with Crippen LogP contribution in [0.3, 0.4) is 0 Å². The van der Waals surface area contributed by atoms with Gasteiger partial charge in [0, 0.05) is 0 Å². The summed E-state index contributed by atoms with van der Waals surface area (Å²) in [5.41, 5.74) is 5.81. The maximum Gasteiger partial charge on any atom is 0.247 e. The minimum absolute atomic E-state index is 0.0245. The lowest BCUT2D eigenvalue weighted by atomic mass is 10.5. The van der Waals surface area contributed by atoms with Crippen LogP contribution in [0.4, 0.5) is 11.5 Å². The molecule has 1 rings (SSSR count). The molecule has 0 bridgehead atoms. The van der Waals surface area contributed by atoms with E-state index in [0.717, 1.165) is 0 Å². The Balaban J connectivity index is 2.93. The maximum atomic E-state index is 8.53. The third-order valence-corrected chi connectivity index (χ3v) is 1.29. The van der Waals surface area contributed by atoms with Crippen LogP contribution < -0.4 is 5.73 Å². The van der Waals surface area contributed by atoms with Gasteiger partial charge < -0.3 is 10.8 Å². The molecule has 3 N–H and O–H groups in total. The monoisotopic (exact) mass is 152 g/mol. The largest absolute Gasteiger partial charge is 0.394 e. The van der Waals surface area contributed by atoms with Gasteiger partial charge in [0.05, 0.1) is 25.9 Å². The number of hydrogen-bond donors (Lipinski definition) is 2. The van der Waals surface area contributed by atoms with Gasteiger partial charge >= 0.3 is 0 Å². The maximum absolute atomic E-state index is 8.53. The Kier molecular flexibility index (Phi) is 2.09. The fourth-order valence-corrected chi connectivity index (χ4v) is 0.744. The first-order valence-electron chi connectivity index (χ1n) is 3.09. The Morgan fingerprint density at radius 2 is 2.55 bits per heavy atom. The highest BCUT2D eigenvalue weighted by molar-refractivity contribution is 5.61. The van der Waals surface area contributed by atoms with Crippen LogP contribution in [0, 0.1) is 6.57 Å². The molecular weight excluding hydrogens is 144 g/mol. The first-order chi connectivity index (χ1) is 5.29. The summed E-state index contributed by atoms with van der Waals surface area (Å²) in [6.07, 6.45) is 1.39. The first kappa shape index (κ1) is 7.57. The second kappa shape index (κ2) is 3.03. The normalized spacial score (nSPS) is 9.45. The molecule has 0 spiro atoms. The summed E-state index contributed by atoms with van der Waals surface area (Å²) in [4.78, 5) is 3.13. The van der Waals surface area contributed by atoms with E-state index in [1.54, 1.807) is 0 Å². The molecule has 0 saturated heterocycles. The molecule has 1 aromatic rings. The van der Waals surface area contributed by atoms with E-state index >= 15 is 0 Å². The number of nitrogens with two attached hydrogens (primary N) is 1. The molecule has 1 heterocycles. The first-order valence-corrected chi connectivity index (χ1v) is 3.09. The number of hydrogen-bond acceptors (Lipinski definition) is 3. The standard InChI is InChI=1S/C6H8N4O/c1-8-5-4-9-10(2-3-11)6(5)7/h4,11H,2-3,7H2. The smallest absolute Gasteiger partial charge is 0.247 e. The molecular formula is C6H8N4O. The van der Waals surface area contributed by atoms with Crippen LogP contribution in [0.15, 0.2) is 6.20 Å². The number of nitrogens with zero attached hydrogens (tertiary/aromatic N) is 3. The van der Waals surface area contributed by atoms with E-state index < -0.39 is 0 Å². The molecule has 0 aliphatic heterocycles. The topological polar surface area (TPSA) is 68.4 Å². The van der Waals surface area contributed by atoms with Crippen LogP contribution in [-0.2, 0) is 6.54 Å². The van der Waals surface area contributed by atoms with E-state index in [9.17, 15) is 0 Å². The molecule has 0 saturated carbocycles. The highest BCUT2D eigenvalue weighted by Crippen LogP contribution is 2.19. The molecule has 5 nitrogen and oxygen atoms in total. The van der Waals surface area contributed by atoms with E-state index in [2.05, 4.69) is 9.94 Å². The van der Waals surface area contributed by atoms with Crippen LogP contribution in [0.2, 0.25) is 0 Å². The molecule has 0 aliphatic rings. The summed E-state index contributed by atoms with van der Waals surface area (Å²) < 4.78 is 1.40. The molecule has 1 aromatic heterocycles. The molecule has 11 heavy (non-hydrogen) atoms. The zero-order chi connectivity index (χ0) is 8.27. The highest BCUT2D eigenvalue weighted by Gasteiger charge is 2.04. The molecule has 0 aromatic carbocycles. The molecule has 0 fully saturated rings. The lowest BCUT2D eigenvalue weighted by molar-refractivity contribution is 0.270. The van der Waals surface area contributed by atoms with Gasteiger partial charge in [0.25, 0.3) is 0 Å². The van der Waals surface area contributed by atoms with Crippen LogP contribution in [-0.4, -0.2) is 21.5 Å². The molecule has 0 radical (unpaired) electrons. The number of nitrogen functional groups attached to an aromatic ring is 1. The average Bonchev–Trinajstić information content (AvgIpc) is 2.34. The Morgan fingerprint density at radius 3 is 3.00 bits per heavy atom. The van der Waals surface area contributed by atoms with Gasteiger partial charge in [0.15, 0.2) is 0 Å². The third kappa shape index (κ3) is 1.30. The quantitative estimate of drug-likeness (QED) is 0.586. The Bertz CT molecular complexity index is 285. The number of aliphatic hydroxyl groups is 1. The van der Waals surface area contributed by atoms with Crippen LogP contribution in [0.25, 0.3) is 4.85 Å². The van der Waals surface area contributed by atoms with Gasteiger partial charge in [-0.1, -0.05) is 0 Å². The number of rotatable bonds is 2. The van der Waals surface area contributed by atoms with Gasteiger partial charge in [-0.05, 0) is 0 Å². The van der Waals surface area contributed by atoms with Gasteiger partial charge in [-0.25, -0.2) is 4.85 Å².